The molecule has 0 aliphatic heterocycles. The van der Waals surface area contributed by atoms with Crippen molar-refractivity contribution in [3.63, 3.8) is 0 Å². The maximum absolute atomic E-state index is 12.4. The fraction of sp³-hybridized carbons (Fsp3) is 0.167. The molecule has 0 aliphatic carbocycles. The second-order valence-corrected chi connectivity index (χ2v) is 9.48. The summed E-state index contributed by atoms with van der Waals surface area (Å²) in [4.78, 5) is 21.5. The molecule has 0 fully saturated rings. The number of carbonyl (C=O) groups is 1. The highest BCUT2D eigenvalue weighted by Crippen LogP contribution is 2.29. The minimum atomic E-state index is -0.115. The van der Waals surface area contributed by atoms with Crippen LogP contribution < -0.4 is 10.6 Å². The van der Waals surface area contributed by atoms with Crippen molar-refractivity contribution in [1.29, 1.82) is 0 Å². The van der Waals surface area contributed by atoms with Crippen molar-refractivity contribution in [3.8, 4) is 0 Å². The zero-order valence-electron chi connectivity index (χ0n) is 20.8. The van der Waals surface area contributed by atoms with E-state index in [4.69, 9.17) is 11.6 Å². The Labute approximate surface area is 221 Å². The number of rotatable bonds is 8. The van der Waals surface area contributed by atoms with Gasteiger partial charge in [0.2, 0.25) is 0 Å². The van der Waals surface area contributed by atoms with Crippen molar-refractivity contribution in [3.05, 3.63) is 118 Å². The molecule has 0 unspecified atom stereocenters. The molecule has 0 bridgehead atoms. The SMILES string of the molecule is Cc1c(C)n(Cc2cccc(Cl)c2)c2ncnc(NCCc3ccc(NC(=O)c4ccccc4)cc3)c12. The number of halogens is 1. The summed E-state index contributed by atoms with van der Waals surface area (Å²) >= 11 is 6.20. The predicted octanol–water partition coefficient (Wildman–Crippen LogP) is 6.66. The van der Waals surface area contributed by atoms with Gasteiger partial charge < -0.3 is 15.2 Å². The van der Waals surface area contributed by atoms with Crippen LogP contribution in [0.15, 0.2) is 85.2 Å². The first-order valence-electron chi connectivity index (χ1n) is 12.2. The molecule has 0 aliphatic rings. The van der Waals surface area contributed by atoms with Crippen molar-refractivity contribution < 1.29 is 4.79 Å². The van der Waals surface area contributed by atoms with Crippen molar-refractivity contribution in [2.45, 2.75) is 26.8 Å². The highest BCUT2D eigenvalue weighted by molar-refractivity contribution is 6.30. The first-order valence-corrected chi connectivity index (χ1v) is 12.6. The van der Waals surface area contributed by atoms with E-state index in [0.29, 0.717) is 12.1 Å². The quantitative estimate of drug-likeness (QED) is 0.245. The standard InChI is InChI=1S/C30H28ClN5O/c1-20-21(2)36(18-23-7-6-10-25(31)17-23)29-27(20)28(33-19-34-29)32-16-15-22-11-13-26(14-12-22)35-30(37)24-8-4-3-5-9-24/h3-14,17,19H,15-16,18H2,1-2H3,(H,35,37)(H,32,33,34). The number of benzene rings is 3. The maximum atomic E-state index is 12.4. The normalized spacial score (nSPS) is 11.0. The van der Waals surface area contributed by atoms with Crippen LogP contribution in [0.5, 0.6) is 0 Å². The number of nitrogens with one attached hydrogen (secondary N) is 2. The van der Waals surface area contributed by atoms with E-state index in [0.717, 1.165) is 51.8 Å². The average molecular weight is 510 g/mol. The molecule has 0 radical (unpaired) electrons. The molecule has 0 saturated carbocycles. The topological polar surface area (TPSA) is 71.8 Å². The largest absolute Gasteiger partial charge is 0.369 e. The summed E-state index contributed by atoms with van der Waals surface area (Å²) in [5.74, 6) is 0.720. The van der Waals surface area contributed by atoms with Gasteiger partial charge in [0.05, 0.1) is 5.39 Å². The Kier molecular flexibility index (Phi) is 7.19. The lowest BCUT2D eigenvalue weighted by molar-refractivity contribution is 0.102. The Bertz CT molecular complexity index is 1540. The van der Waals surface area contributed by atoms with Gasteiger partial charge >= 0.3 is 0 Å². The van der Waals surface area contributed by atoms with Crippen molar-refractivity contribution in [1.82, 2.24) is 14.5 Å². The second-order valence-electron chi connectivity index (χ2n) is 9.04. The number of amides is 1. The van der Waals surface area contributed by atoms with E-state index < -0.39 is 0 Å². The van der Waals surface area contributed by atoms with E-state index in [-0.39, 0.29) is 5.91 Å². The minimum Gasteiger partial charge on any atom is -0.369 e. The van der Waals surface area contributed by atoms with E-state index >= 15 is 0 Å². The molecule has 5 aromatic rings. The Hall–Kier alpha value is -4.16. The lowest BCUT2D eigenvalue weighted by atomic mass is 10.1. The van der Waals surface area contributed by atoms with Crippen LogP contribution in [-0.4, -0.2) is 27.0 Å². The molecule has 6 nitrogen and oxygen atoms in total. The first kappa shape index (κ1) is 24.5. The summed E-state index contributed by atoms with van der Waals surface area (Å²) in [5, 5.41) is 8.22. The molecule has 3 aromatic carbocycles. The molecule has 2 N–H and O–H groups in total. The highest BCUT2D eigenvalue weighted by atomic mass is 35.5. The molecule has 37 heavy (non-hydrogen) atoms. The van der Waals surface area contributed by atoms with E-state index in [1.54, 1.807) is 18.5 Å². The van der Waals surface area contributed by atoms with Gasteiger partial charge in [-0.1, -0.05) is 54.1 Å². The third kappa shape index (κ3) is 5.49. The van der Waals surface area contributed by atoms with E-state index in [2.05, 4.69) is 45.1 Å². The number of nitrogens with zero attached hydrogens (tertiary/aromatic N) is 3. The Balaban J connectivity index is 1.25. The smallest absolute Gasteiger partial charge is 0.255 e. The summed E-state index contributed by atoms with van der Waals surface area (Å²) in [5.41, 5.74) is 6.94. The zero-order chi connectivity index (χ0) is 25.8. The van der Waals surface area contributed by atoms with Crippen LogP contribution in [0.25, 0.3) is 11.0 Å². The molecule has 5 rings (SSSR count). The number of fused-ring (bicyclic) bond motifs is 1. The molecule has 2 heterocycles. The average Bonchev–Trinajstić information content (AvgIpc) is 3.15. The van der Waals surface area contributed by atoms with Crippen molar-refractivity contribution >= 4 is 40.0 Å². The maximum Gasteiger partial charge on any atom is 0.255 e. The number of anilines is 2. The van der Waals surface area contributed by atoms with Gasteiger partial charge in [-0.15, -0.1) is 0 Å². The fourth-order valence-electron chi connectivity index (χ4n) is 4.49. The number of aromatic nitrogens is 3. The molecule has 7 heteroatoms. The van der Waals surface area contributed by atoms with Crippen LogP contribution in [0, 0.1) is 13.8 Å². The van der Waals surface area contributed by atoms with Gasteiger partial charge in [-0.05, 0) is 73.4 Å². The third-order valence-corrected chi connectivity index (χ3v) is 6.82. The van der Waals surface area contributed by atoms with Crippen LogP contribution in [0.3, 0.4) is 0 Å². The molecular weight excluding hydrogens is 482 g/mol. The highest BCUT2D eigenvalue weighted by Gasteiger charge is 2.16. The summed E-state index contributed by atoms with van der Waals surface area (Å²) in [6.45, 7) is 5.65. The van der Waals surface area contributed by atoms with Crippen LogP contribution in [0.1, 0.15) is 32.7 Å². The van der Waals surface area contributed by atoms with Gasteiger partial charge in [-0.25, -0.2) is 9.97 Å². The van der Waals surface area contributed by atoms with Gasteiger partial charge in [-0.3, -0.25) is 4.79 Å². The monoisotopic (exact) mass is 509 g/mol. The molecule has 1 amide bonds. The Morgan fingerprint density at radius 2 is 1.70 bits per heavy atom. The van der Waals surface area contributed by atoms with Crippen LogP contribution in [0.4, 0.5) is 11.5 Å². The minimum absolute atomic E-state index is 0.115. The summed E-state index contributed by atoms with van der Waals surface area (Å²) in [6, 6.07) is 25.1. The van der Waals surface area contributed by atoms with Crippen molar-refractivity contribution in [2.75, 3.05) is 17.2 Å². The van der Waals surface area contributed by atoms with E-state index in [1.807, 2.05) is 60.7 Å². The van der Waals surface area contributed by atoms with Crippen molar-refractivity contribution in [2.24, 2.45) is 0 Å². The molecule has 186 valence electrons. The number of hydrogen-bond donors (Lipinski definition) is 2. The lowest BCUT2D eigenvalue weighted by Gasteiger charge is -2.10. The second kappa shape index (κ2) is 10.8. The molecular formula is C30H28ClN5O. The first-order chi connectivity index (χ1) is 18.0. The number of aryl methyl sites for hydroxylation is 1. The molecule has 0 atom stereocenters. The van der Waals surface area contributed by atoms with Crippen LogP contribution in [-0.2, 0) is 13.0 Å². The zero-order valence-corrected chi connectivity index (χ0v) is 21.6. The van der Waals surface area contributed by atoms with Crippen LogP contribution in [0.2, 0.25) is 5.02 Å². The Morgan fingerprint density at radius 1 is 0.919 bits per heavy atom. The van der Waals surface area contributed by atoms with Gasteiger partial charge in [0.15, 0.2) is 0 Å². The lowest BCUT2D eigenvalue weighted by Crippen LogP contribution is -2.11. The van der Waals surface area contributed by atoms with Gasteiger partial charge in [0.25, 0.3) is 5.91 Å². The molecule has 0 spiro atoms. The van der Waals surface area contributed by atoms with Gasteiger partial charge in [-0.2, -0.15) is 0 Å². The van der Waals surface area contributed by atoms with Gasteiger partial charge in [0, 0.05) is 35.1 Å². The fourth-order valence-corrected chi connectivity index (χ4v) is 4.70. The van der Waals surface area contributed by atoms with Gasteiger partial charge in [0.1, 0.15) is 17.8 Å². The third-order valence-electron chi connectivity index (χ3n) is 6.59. The summed E-state index contributed by atoms with van der Waals surface area (Å²) < 4.78 is 2.21. The molecule has 0 saturated heterocycles. The summed E-state index contributed by atoms with van der Waals surface area (Å²) in [7, 11) is 0. The number of carbonyl (C=O) groups excluding carboxylic acids is 1. The van der Waals surface area contributed by atoms with Crippen LogP contribution >= 0.6 is 11.6 Å². The predicted molar refractivity (Wildman–Crippen MR) is 151 cm³/mol. The molecule has 2 aromatic heterocycles. The van der Waals surface area contributed by atoms with E-state index in [9.17, 15) is 4.79 Å². The summed E-state index contributed by atoms with van der Waals surface area (Å²) in [6.07, 6.45) is 2.43. The Morgan fingerprint density at radius 3 is 2.46 bits per heavy atom. The number of hydrogen-bond acceptors (Lipinski definition) is 4. The van der Waals surface area contributed by atoms with E-state index in [1.165, 1.54) is 11.1 Å².